The van der Waals surface area contributed by atoms with Gasteiger partial charge in [-0.3, -0.25) is 10.1 Å². The van der Waals surface area contributed by atoms with Crippen LogP contribution in [-0.4, -0.2) is 16.5 Å². The molecule has 0 aliphatic rings. The molecule has 1 N–H and O–H groups in total. The van der Waals surface area contributed by atoms with E-state index >= 15 is 0 Å². The van der Waals surface area contributed by atoms with E-state index < -0.39 is 4.92 Å². The number of aromatic nitrogens is 1. The van der Waals surface area contributed by atoms with Crippen LogP contribution in [0.15, 0.2) is 36.4 Å². The molecule has 1 aromatic carbocycles. The highest BCUT2D eigenvalue weighted by Gasteiger charge is 2.12. The van der Waals surface area contributed by atoms with Crippen molar-refractivity contribution in [2.45, 2.75) is 6.92 Å². The van der Waals surface area contributed by atoms with Gasteiger partial charge in [-0.05, 0) is 31.2 Å². The van der Waals surface area contributed by atoms with Crippen LogP contribution in [-0.2, 0) is 0 Å². The van der Waals surface area contributed by atoms with Gasteiger partial charge in [-0.15, -0.1) is 0 Å². The van der Waals surface area contributed by atoms with E-state index in [0.717, 1.165) is 0 Å². The molecule has 21 heavy (non-hydrogen) atoms. The van der Waals surface area contributed by atoms with Gasteiger partial charge in [0.15, 0.2) is 0 Å². The SMILES string of the molecule is CCNc1cc([N+](=O)[O-])cc(Oc2ccc(C#N)cc2)n1. The molecule has 2 rings (SSSR count). The van der Waals surface area contributed by atoms with Crippen molar-refractivity contribution in [2.24, 2.45) is 0 Å². The Hall–Kier alpha value is -3.14. The molecule has 0 spiro atoms. The van der Waals surface area contributed by atoms with Crippen molar-refractivity contribution in [3.63, 3.8) is 0 Å². The second-order valence-corrected chi connectivity index (χ2v) is 4.07. The van der Waals surface area contributed by atoms with E-state index in [9.17, 15) is 10.1 Å². The molecular weight excluding hydrogens is 272 g/mol. The highest BCUT2D eigenvalue weighted by atomic mass is 16.6. The molecular formula is C14H12N4O3. The summed E-state index contributed by atoms with van der Waals surface area (Å²) in [5.74, 6) is 0.935. The van der Waals surface area contributed by atoms with Crippen molar-refractivity contribution in [2.75, 3.05) is 11.9 Å². The number of anilines is 1. The van der Waals surface area contributed by atoms with Crippen molar-refractivity contribution in [1.82, 2.24) is 4.98 Å². The van der Waals surface area contributed by atoms with Gasteiger partial charge in [0, 0.05) is 6.54 Å². The van der Waals surface area contributed by atoms with Crippen LogP contribution in [0.25, 0.3) is 0 Å². The lowest BCUT2D eigenvalue weighted by Crippen LogP contribution is -2.01. The van der Waals surface area contributed by atoms with Crippen LogP contribution in [0.5, 0.6) is 11.6 Å². The van der Waals surface area contributed by atoms with Crippen LogP contribution in [0.1, 0.15) is 12.5 Å². The van der Waals surface area contributed by atoms with Gasteiger partial charge in [-0.1, -0.05) is 0 Å². The van der Waals surface area contributed by atoms with Crippen LogP contribution < -0.4 is 10.1 Å². The average molecular weight is 284 g/mol. The number of pyridine rings is 1. The molecule has 1 heterocycles. The summed E-state index contributed by atoms with van der Waals surface area (Å²) < 4.78 is 5.49. The molecule has 7 heteroatoms. The van der Waals surface area contributed by atoms with E-state index in [0.29, 0.717) is 23.7 Å². The van der Waals surface area contributed by atoms with Crippen molar-refractivity contribution in [3.8, 4) is 17.7 Å². The molecule has 0 aliphatic carbocycles. The second kappa shape index (κ2) is 6.34. The van der Waals surface area contributed by atoms with Crippen molar-refractivity contribution in [3.05, 3.63) is 52.1 Å². The highest BCUT2D eigenvalue weighted by molar-refractivity contribution is 5.49. The molecule has 0 saturated heterocycles. The smallest absolute Gasteiger partial charge is 0.278 e. The van der Waals surface area contributed by atoms with Gasteiger partial charge >= 0.3 is 0 Å². The number of benzene rings is 1. The van der Waals surface area contributed by atoms with Crippen LogP contribution >= 0.6 is 0 Å². The number of nitrogens with one attached hydrogen (secondary N) is 1. The minimum absolute atomic E-state index is 0.107. The molecule has 2 aromatic rings. The number of nitrogens with zero attached hydrogens (tertiary/aromatic N) is 3. The highest BCUT2D eigenvalue weighted by Crippen LogP contribution is 2.26. The topological polar surface area (TPSA) is 101 Å². The zero-order valence-corrected chi connectivity index (χ0v) is 11.2. The Morgan fingerprint density at radius 2 is 2.10 bits per heavy atom. The lowest BCUT2D eigenvalue weighted by Gasteiger charge is -2.07. The largest absolute Gasteiger partial charge is 0.439 e. The Bertz CT molecular complexity index is 692. The third-order valence-corrected chi connectivity index (χ3v) is 2.56. The second-order valence-electron chi connectivity index (χ2n) is 4.07. The lowest BCUT2D eigenvalue weighted by atomic mass is 10.2. The first-order valence-electron chi connectivity index (χ1n) is 6.20. The zero-order valence-electron chi connectivity index (χ0n) is 11.2. The summed E-state index contributed by atoms with van der Waals surface area (Å²) >= 11 is 0. The number of ether oxygens (including phenoxy) is 1. The first-order valence-corrected chi connectivity index (χ1v) is 6.20. The van der Waals surface area contributed by atoms with Crippen LogP contribution in [0.3, 0.4) is 0 Å². The van der Waals surface area contributed by atoms with Crippen LogP contribution in [0, 0.1) is 21.4 Å². The summed E-state index contributed by atoms with van der Waals surface area (Å²) in [4.78, 5) is 14.5. The summed E-state index contributed by atoms with van der Waals surface area (Å²) in [5, 5.41) is 22.5. The Balaban J connectivity index is 2.29. The van der Waals surface area contributed by atoms with Crippen molar-refractivity contribution >= 4 is 11.5 Å². The van der Waals surface area contributed by atoms with Gasteiger partial charge in [0.1, 0.15) is 11.6 Å². The average Bonchev–Trinajstić information content (AvgIpc) is 2.48. The van der Waals surface area contributed by atoms with Gasteiger partial charge in [0.25, 0.3) is 5.69 Å². The number of hydrogen-bond donors (Lipinski definition) is 1. The molecule has 0 fully saturated rings. The number of rotatable bonds is 5. The first kappa shape index (κ1) is 14.3. The third kappa shape index (κ3) is 3.67. The normalized spacial score (nSPS) is 9.71. The van der Waals surface area contributed by atoms with Gasteiger partial charge in [-0.2, -0.15) is 10.2 Å². The maximum absolute atomic E-state index is 10.9. The van der Waals surface area contributed by atoms with E-state index in [1.165, 1.54) is 12.1 Å². The fourth-order valence-electron chi connectivity index (χ4n) is 1.64. The van der Waals surface area contributed by atoms with Gasteiger partial charge in [0.05, 0.1) is 28.7 Å². The zero-order chi connectivity index (χ0) is 15.2. The quantitative estimate of drug-likeness (QED) is 0.668. The van der Waals surface area contributed by atoms with Crippen molar-refractivity contribution in [1.29, 1.82) is 5.26 Å². The van der Waals surface area contributed by atoms with E-state index in [1.807, 2.05) is 13.0 Å². The number of nitriles is 1. The predicted octanol–water partition coefficient (Wildman–Crippen LogP) is 3.09. The summed E-state index contributed by atoms with van der Waals surface area (Å²) in [5.41, 5.74) is 0.396. The standard InChI is InChI=1S/C14H12N4O3/c1-2-16-13-7-11(18(19)20)8-14(17-13)21-12-5-3-10(9-15)4-6-12/h3-8H,2H2,1H3,(H,16,17). The number of hydrogen-bond acceptors (Lipinski definition) is 6. The molecule has 0 saturated carbocycles. The molecule has 0 unspecified atom stereocenters. The molecule has 0 amide bonds. The van der Waals surface area contributed by atoms with E-state index in [4.69, 9.17) is 10.00 Å². The van der Waals surface area contributed by atoms with Gasteiger partial charge < -0.3 is 10.1 Å². The molecule has 0 radical (unpaired) electrons. The fraction of sp³-hybridized carbons (Fsp3) is 0.143. The van der Waals surface area contributed by atoms with Crippen molar-refractivity contribution < 1.29 is 9.66 Å². The van der Waals surface area contributed by atoms with Gasteiger partial charge in [-0.25, -0.2) is 0 Å². The molecule has 0 atom stereocenters. The van der Waals surface area contributed by atoms with Gasteiger partial charge in [0.2, 0.25) is 5.88 Å². The molecule has 7 nitrogen and oxygen atoms in total. The Kier molecular flexibility index (Phi) is 4.31. The third-order valence-electron chi connectivity index (χ3n) is 2.56. The minimum atomic E-state index is -0.506. The summed E-state index contributed by atoms with van der Waals surface area (Å²) in [6.45, 7) is 2.45. The minimum Gasteiger partial charge on any atom is -0.439 e. The Morgan fingerprint density at radius 3 is 2.67 bits per heavy atom. The van der Waals surface area contributed by atoms with Crippen LogP contribution in [0.4, 0.5) is 11.5 Å². The maximum atomic E-state index is 10.9. The molecule has 0 bridgehead atoms. The van der Waals surface area contributed by atoms with E-state index in [1.54, 1.807) is 24.3 Å². The molecule has 1 aromatic heterocycles. The molecule has 0 aliphatic heterocycles. The predicted molar refractivity (Wildman–Crippen MR) is 76.3 cm³/mol. The fourth-order valence-corrected chi connectivity index (χ4v) is 1.64. The van der Waals surface area contributed by atoms with Crippen LogP contribution in [0.2, 0.25) is 0 Å². The van der Waals surface area contributed by atoms with E-state index in [-0.39, 0.29) is 11.6 Å². The van der Waals surface area contributed by atoms with E-state index in [2.05, 4.69) is 10.3 Å². The lowest BCUT2D eigenvalue weighted by molar-refractivity contribution is -0.384. The molecule has 106 valence electrons. The Morgan fingerprint density at radius 1 is 1.38 bits per heavy atom. The Labute approximate surface area is 121 Å². The number of nitro groups is 1. The monoisotopic (exact) mass is 284 g/mol. The summed E-state index contributed by atoms with van der Waals surface area (Å²) in [6, 6.07) is 11.0. The maximum Gasteiger partial charge on any atom is 0.278 e. The summed E-state index contributed by atoms with van der Waals surface area (Å²) in [6.07, 6.45) is 0. The first-order chi connectivity index (χ1) is 10.1. The summed E-state index contributed by atoms with van der Waals surface area (Å²) in [7, 11) is 0.